The molecule has 1 aromatic carbocycles. The summed E-state index contributed by atoms with van der Waals surface area (Å²) in [7, 11) is 0. The van der Waals surface area contributed by atoms with Crippen molar-refractivity contribution in [1.29, 1.82) is 0 Å². The molecule has 2 aromatic rings. The van der Waals surface area contributed by atoms with E-state index in [0.717, 1.165) is 18.3 Å². The Morgan fingerprint density at radius 2 is 1.90 bits per heavy atom. The third-order valence-corrected chi connectivity index (χ3v) is 2.84. The topological polar surface area (TPSA) is 54.0 Å². The second kappa shape index (κ2) is 6.01. The summed E-state index contributed by atoms with van der Waals surface area (Å²) in [6, 6.07) is 7.90. The molecule has 8 heteroatoms. The molecular weight excluding hydrogens is 307 g/mol. The summed E-state index contributed by atoms with van der Waals surface area (Å²) in [6.07, 6.45) is -3.49. The molecule has 2 rings (SSSR count). The lowest BCUT2D eigenvalue weighted by Gasteiger charge is -2.11. The van der Waals surface area contributed by atoms with Gasteiger partial charge in [0.05, 0.1) is 16.1 Å². The number of hydrogen-bond acceptors (Lipinski definition) is 3. The van der Waals surface area contributed by atoms with Crippen molar-refractivity contribution in [2.75, 3.05) is 5.43 Å². The quantitative estimate of drug-likeness (QED) is 0.852. The van der Waals surface area contributed by atoms with Crippen molar-refractivity contribution >= 4 is 23.3 Å². The van der Waals surface area contributed by atoms with Crippen LogP contribution in [0.1, 0.15) is 15.9 Å². The summed E-state index contributed by atoms with van der Waals surface area (Å²) >= 11 is 5.83. The second-order valence-corrected chi connectivity index (χ2v) is 4.39. The first-order valence-corrected chi connectivity index (χ1v) is 6.10. The van der Waals surface area contributed by atoms with Crippen LogP contribution in [0.25, 0.3) is 0 Å². The number of alkyl halides is 3. The Bertz CT molecular complexity index is 661. The summed E-state index contributed by atoms with van der Waals surface area (Å²) in [5.41, 5.74) is 3.87. The van der Waals surface area contributed by atoms with Crippen LogP contribution >= 0.6 is 11.6 Å². The van der Waals surface area contributed by atoms with Crippen LogP contribution in [0.3, 0.4) is 0 Å². The molecule has 0 fully saturated rings. The molecular formula is C13H9ClF3N3O. The molecule has 21 heavy (non-hydrogen) atoms. The van der Waals surface area contributed by atoms with Crippen LogP contribution in [0, 0.1) is 0 Å². The average Bonchev–Trinajstić information content (AvgIpc) is 2.45. The van der Waals surface area contributed by atoms with E-state index in [2.05, 4.69) is 15.8 Å². The van der Waals surface area contributed by atoms with Gasteiger partial charge in [0.2, 0.25) is 0 Å². The Morgan fingerprint density at radius 3 is 2.57 bits per heavy atom. The average molecular weight is 316 g/mol. The van der Waals surface area contributed by atoms with Crippen LogP contribution in [0.4, 0.5) is 19.0 Å². The zero-order valence-corrected chi connectivity index (χ0v) is 11.2. The maximum absolute atomic E-state index is 12.5. The standard InChI is InChI=1S/C13H9ClF3N3O/c14-10-4-2-1-3-9(10)12(21)20-19-11-7-8(5-6-18-11)13(15,16)17/h1-7H,(H,18,19)(H,20,21). The number of nitrogens with zero attached hydrogens (tertiary/aromatic N) is 1. The number of halogens is 4. The van der Waals surface area contributed by atoms with Gasteiger partial charge in [0.25, 0.3) is 5.91 Å². The molecule has 0 aliphatic heterocycles. The van der Waals surface area contributed by atoms with Crippen molar-refractivity contribution < 1.29 is 18.0 Å². The molecule has 0 bridgehead atoms. The van der Waals surface area contributed by atoms with Gasteiger partial charge in [0.15, 0.2) is 0 Å². The van der Waals surface area contributed by atoms with Crippen LogP contribution < -0.4 is 10.9 Å². The third kappa shape index (κ3) is 3.85. The predicted molar refractivity (Wildman–Crippen MR) is 71.8 cm³/mol. The van der Waals surface area contributed by atoms with E-state index in [9.17, 15) is 18.0 Å². The molecule has 0 saturated carbocycles. The number of amides is 1. The Balaban J connectivity index is 2.07. The summed E-state index contributed by atoms with van der Waals surface area (Å²) < 4.78 is 37.6. The van der Waals surface area contributed by atoms with Crippen LogP contribution in [0.2, 0.25) is 5.02 Å². The fraction of sp³-hybridized carbons (Fsp3) is 0.0769. The number of carbonyl (C=O) groups excluding carboxylic acids is 1. The van der Waals surface area contributed by atoms with Gasteiger partial charge in [-0.2, -0.15) is 13.2 Å². The molecule has 110 valence electrons. The fourth-order valence-electron chi connectivity index (χ4n) is 1.51. The van der Waals surface area contributed by atoms with E-state index in [-0.39, 0.29) is 16.4 Å². The Labute approximate surface area is 122 Å². The number of pyridine rings is 1. The van der Waals surface area contributed by atoms with Crippen LogP contribution in [0.15, 0.2) is 42.6 Å². The Morgan fingerprint density at radius 1 is 1.19 bits per heavy atom. The van der Waals surface area contributed by atoms with Gasteiger partial charge in [0, 0.05) is 6.20 Å². The van der Waals surface area contributed by atoms with E-state index in [1.165, 1.54) is 12.1 Å². The second-order valence-electron chi connectivity index (χ2n) is 3.99. The smallest absolute Gasteiger partial charge is 0.282 e. The highest BCUT2D eigenvalue weighted by molar-refractivity contribution is 6.33. The zero-order valence-electron chi connectivity index (χ0n) is 10.4. The van der Waals surface area contributed by atoms with E-state index in [1.54, 1.807) is 12.1 Å². The largest absolute Gasteiger partial charge is 0.416 e. The fourth-order valence-corrected chi connectivity index (χ4v) is 1.73. The number of hydrogen-bond donors (Lipinski definition) is 2. The number of carbonyl (C=O) groups is 1. The van der Waals surface area contributed by atoms with Crippen molar-refractivity contribution in [3.63, 3.8) is 0 Å². The van der Waals surface area contributed by atoms with Crippen molar-refractivity contribution in [1.82, 2.24) is 10.4 Å². The van der Waals surface area contributed by atoms with Gasteiger partial charge >= 0.3 is 6.18 Å². The van der Waals surface area contributed by atoms with Gasteiger partial charge in [-0.05, 0) is 24.3 Å². The van der Waals surface area contributed by atoms with E-state index in [1.807, 2.05) is 0 Å². The maximum Gasteiger partial charge on any atom is 0.416 e. The summed E-state index contributed by atoms with van der Waals surface area (Å²) in [4.78, 5) is 15.5. The van der Waals surface area contributed by atoms with Crippen molar-refractivity contribution in [2.24, 2.45) is 0 Å². The molecule has 1 amide bonds. The molecule has 0 saturated heterocycles. The third-order valence-electron chi connectivity index (χ3n) is 2.51. The number of anilines is 1. The van der Waals surface area contributed by atoms with Gasteiger partial charge in [-0.25, -0.2) is 4.98 Å². The first-order valence-electron chi connectivity index (χ1n) is 5.72. The maximum atomic E-state index is 12.5. The van der Waals surface area contributed by atoms with Gasteiger partial charge < -0.3 is 0 Å². The van der Waals surface area contributed by atoms with E-state index < -0.39 is 17.6 Å². The SMILES string of the molecule is O=C(NNc1cc(C(F)(F)F)ccn1)c1ccccc1Cl. The number of hydrazine groups is 1. The monoisotopic (exact) mass is 315 g/mol. The lowest BCUT2D eigenvalue weighted by Crippen LogP contribution is -2.30. The summed E-state index contributed by atoms with van der Waals surface area (Å²) in [5.74, 6) is -0.718. The van der Waals surface area contributed by atoms with Crippen molar-refractivity contribution in [3.8, 4) is 0 Å². The number of aromatic nitrogens is 1. The predicted octanol–water partition coefficient (Wildman–Crippen LogP) is 3.51. The molecule has 0 atom stereocenters. The minimum atomic E-state index is -4.48. The molecule has 0 spiro atoms. The van der Waals surface area contributed by atoms with E-state index >= 15 is 0 Å². The molecule has 1 heterocycles. The normalized spacial score (nSPS) is 11.0. The zero-order chi connectivity index (χ0) is 15.5. The van der Waals surface area contributed by atoms with Gasteiger partial charge in [-0.3, -0.25) is 15.6 Å². The van der Waals surface area contributed by atoms with E-state index in [4.69, 9.17) is 11.6 Å². The molecule has 0 aliphatic carbocycles. The van der Waals surface area contributed by atoms with Crippen LogP contribution in [-0.4, -0.2) is 10.9 Å². The minimum Gasteiger partial charge on any atom is -0.282 e. The first kappa shape index (κ1) is 15.1. The lowest BCUT2D eigenvalue weighted by molar-refractivity contribution is -0.137. The molecule has 0 unspecified atom stereocenters. The number of nitrogens with one attached hydrogen (secondary N) is 2. The lowest BCUT2D eigenvalue weighted by atomic mass is 10.2. The summed E-state index contributed by atoms with van der Waals surface area (Å²) in [6.45, 7) is 0. The number of rotatable bonds is 3. The van der Waals surface area contributed by atoms with Crippen molar-refractivity contribution in [3.05, 3.63) is 58.7 Å². The van der Waals surface area contributed by atoms with Gasteiger partial charge in [-0.1, -0.05) is 23.7 Å². The molecule has 2 N–H and O–H groups in total. The summed E-state index contributed by atoms with van der Waals surface area (Å²) in [5, 5.41) is 0.230. The van der Waals surface area contributed by atoms with Gasteiger partial charge in [0.1, 0.15) is 5.82 Å². The molecule has 0 radical (unpaired) electrons. The van der Waals surface area contributed by atoms with Crippen LogP contribution in [0.5, 0.6) is 0 Å². The highest BCUT2D eigenvalue weighted by atomic mass is 35.5. The van der Waals surface area contributed by atoms with E-state index in [0.29, 0.717) is 0 Å². The first-order chi connectivity index (χ1) is 9.88. The van der Waals surface area contributed by atoms with Crippen molar-refractivity contribution in [2.45, 2.75) is 6.18 Å². The van der Waals surface area contributed by atoms with Crippen LogP contribution in [-0.2, 0) is 6.18 Å². The number of benzene rings is 1. The Hall–Kier alpha value is -2.28. The highest BCUT2D eigenvalue weighted by Crippen LogP contribution is 2.29. The molecule has 4 nitrogen and oxygen atoms in total. The minimum absolute atomic E-state index is 0.134. The van der Waals surface area contributed by atoms with Gasteiger partial charge in [-0.15, -0.1) is 0 Å². The molecule has 0 aliphatic rings. The Kier molecular flexibility index (Phi) is 4.32. The highest BCUT2D eigenvalue weighted by Gasteiger charge is 2.30. The molecule has 1 aromatic heterocycles.